The van der Waals surface area contributed by atoms with Crippen molar-refractivity contribution in [3.8, 4) is 5.75 Å². The normalized spacial score (nSPS) is 16.1. The molecule has 0 radical (unpaired) electrons. The number of hydrogen-bond acceptors (Lipinski definition) is 7. The molecule has 208 valence electrons. The van der Waals surface area contributed by atoms with Crippen LogP contribution in [0.4, 0.5) is 4.79 Å². The summed E-state index contributed by atoms with van der Waals surface area (Å²) in [5.74, 6) is -0.162. The van der Waals surface area contributed by atoms with Crippen molar-refractivity contribution in [2.24, 2.45) is 0 Å². The molecule has 1 aromatic carbocycles. The number of hydrogen-bond donors (Lipinski definition) is 2. The van der Waals surface area contributed by atoms with Crippen molar-refractivity contribution >= 4 is 28.9 Å². The first-order valence-corrected chi connectivity index (χ1v) is 13.2. The zero-order chi connectivity index (χ0) is 28.0. The number of methoxy groups -OCH3 is 1. The summed E-state index contributed by atoms with van der Waals surface area (Å²) in [6.45, 7) is 12.1. The zero-order valence-corrected chi connectivity index (χ0v) is 23.6. The van der Waals surface area contributed by atoms with Crippen molar-refractivity contribution < 1.29 is 28.6 Å². The van der Waals surface area contributed by atoms with E-state index in [1.54, 1.807) is 24.7 Å². The summed E-state index contributed by atoms with van der Waals surface area (Å²) in [6, 6.07) is 4.21. The number of aromatic nitrogens is 1. The van der Waals surface area contributed by atoms with Crippen molar-refractivity contribution in [3.63, 3.8) is 0 Å². The van der Waals surface area contributed by atoms with Gasteiger partial charge in [-0.3, -0.25) is 4.79 Å². The number of carbonyl (C=O) groups is 3. The van der Waals surface area contributed by atoms with Crippen molar-refractivity contribution in [2.75, 3.05) is 20.3 Å². The molecule has 2 aromatic rings. The van der Waals surface area contributed by atoms with Crippen molar-refractivity contribution in [2.45, 2.75) is 84.9 Å². The highest BCUT2D eigenvalue weighted by Crippen LogP contribution is 2.32. The van der Waals surface area contributed by atoms with Crippen LogP contribution < -0.4 is 15.4 Å². The van der Waals surface area contributed by atoms with Crippen LogP contribution in [0, 0.1) is 0 Å². The summed E-state index contributed by atoms with van der Waals surface area (Å²) in [5, 5.41) is 6.85. The maximum absolute atomic E-state index is 13.5. The number of esters is 1. The molecule has 2 atom stereocenters. The molecular weight excluding hydrogens is 486 g/mol. The van der Waals surface area contributed by atoms with Crippen molar-refractivity contribution in [3.05, 3.63) is 41.1 Å². The first-order valence-electron chi connectivity index (χ1n) is 13.2. The average molecular weight is 528 g/mol. The van der Waals surface area contributed by atoms with Gasteiger partial charge in [0.25, 0.3) is 0 Å². The molecule has 9 heteroatoms. The van der Waals surface area contributed by atoms with E-state index in [0.29, 0.717) is 29.8 Å². The average Bonchev–Trinajstić information content (AvgIpc) is 3.47. The van der Waals surface area contributed by atoms with Gasteiger partial charge in [0.05, 0.1) is 25.3 Å². The van der Waals surface area contributed by atoms with E-state index >= 15 is 0 Å². The van der Waals surface area contributed by atoms with Crippen LogP contribution in [0.1, 0.15) is 65.6 Å². The highest BCUT2D eigenvalue weighted by atomic mass is 16.6. The number of rotatable bonds is 9. The number of nitrogens with one attached hydrogen (secondary N) is 2. The third-order valence-electron chi connectivity index (χ3n) is 6.34. The molecule has 1 aromatic heterocycles. The molecule has 3 rings (SSSR count). The number of fused-ring (bicyclic) bond motifs is 1. The number of ether oxygens (including phenoxy) is 3. The zero-order valence-electron chi connectivity index (χ0n) is 23.6. The first kappa shape index (κ1) is 29.2. The lowest BCUT2D eigenvalue weighted by Gasteiger charge is -2.22. The van der Waals surface area contributed by atoms with Gasteiger partial charge in [0.2, 0.25) is 5.91 Å². The molecular formula is C29H41N3O6. The fraction of sp³-hybridized carbons (Fsp3) is 0.552. The fourth-order valence-electron chi connectivity index (χ4n) is 4.59. The smallest absolute Gasteiger partial charge is 0.419 e. The Balaban J connectivity index is 2.17. The molecule has 1 amide bonds. The molecule has 1 fully saturated rings. The molecule has 0 bridgehead atoms. The van der Waals surface area contributed by atoms with Crippen LogP contribution in [0.25, 0.3) is 10.9 Å². The van der Waals surface area contributed by atoms with E-state index in [0.717, 1.165) is 29.5 Å². The van der Waals surface area contributed by atoms with Gasteiger partial charge in [0.1, 0.15) is 17.4 Å². The monoisotopic (exact) mass is 527 g/mol. The summed E-state index contributed by atoms with van der Waals surface area (Å²) < 4.78 is 18.1. The minimum absolute atomic E-state index is 0.155. The first-order chi connectivity index (χ1) is 17.9. The quantitative estimate of drug-likeness (QED) is 0.370. The Labute approximate surface area is 224 Å². The Bertz CT molecular complexity index is 1200. The third kappa shape index (κ3) is 7.16. The molecule has 1 aliphatic rings. The molecule has 0 spiro atoms. The highest BCUT2D eigenvalue weighted by Gasteiger charge is 2.32. The summed E-state index contributed by atoms with van der Waals surface area (Å²) in [5.41, 5.74) is 2.43. The van der Waals surface area contributed by atoms with E-state index in [9.17, 15) is 14.4 Å². The van der Waals surface area contributed by atoms with Crippen LogP contribution in [0.2, 0.25) is 0 Å². The van der Waals surface area contributed by atoms with Crippen LogP contribution in [0.3, 0.4) is 0 Å². The second-order valence-corrected chi connectivity index (χ2v) is 10.8. The molecule has 2 N–H and O–H groups in total. The number of benzene rings is 1. The summed E-state index contributed by atoms with van der Waals surface area (Å²) in [7, 11) is 1.57. The largest absolute Gasteiger partial charge is 0.497 e. The van der Waals surface area contributed by atoms with Crippen molar-refractivity contribution in [1.29, 1.82) is 0 Å². The SMILES string of the molecule is CCOC(=O)[C@H](Cc1c(CC=C(C)C)n(C(=O)OC(C)(C)C)c2cc(OC)ccc12)NC(=O)[C@@H]1CCCN1. The van der Waals surface area contributed by atoms with Gasteiger partial charge >= 0.3 is 12.1 Å². The molecule has 38 heavy (non-hydrogen) atoms. The second-order valence-electron chi connectivity index (χ2n) is 10.8. The van der Waals surface area contributed by atoms with Gasteiger partial charge in [0.15, 0.2) is 0 Å². The summed E-state index contributed by atoms with van der Waals surface area (Å²) in [6.07, 6.45) is 3.70. The lowest BCUT2D eigenvalue weighted by molar-refractivity contribution is -0.147. The maximum Gasteiger partial charge on any atom is 0.419 e. The molecule has 2 heterocycles. The number of allylic oxidation sites excluding steroid dienone is 2. The minimum atomic E-state index is -0.921. The Morgan fingerprint density at radius 2 is 1.97 bits per heavy atom. The molecule has 9 nitrogen and oxygen atoms in total. The van der Waals surface area contributed by atoms with Gasteiger partial charge in [-0.25, -0.2) is 14.2 Å². The van der Waals surface area contributed by atoms with Gasteiger partial charge in [-0.1, -0.05) is 11.6 Å². The van der Waals surface area contributed by atoms with E-state index in [2.05, 4.69) is 10.6 Å². The van der Waals surface area contributed by atoms with Crippen LogP contribution in [-0.2, 0) is 31.9 Å². The van der Waals surface area contributed by atoms with Crippen LogP contribution >= 0.6 is 0 Å². The Hall–Kier alpha value is -3.33. The lowest BCUT2D eigenvalue weighted by Crippen LogP contribution is -2.49. The Morgan fingerprint density at radius 3 is 2.55 bits per heavy atom. The van der Waals surface area contributed by atoms with Crippen LogP contribution in [0.15, 0.2) is 29.8 Å². The number of carbonyl (C=O) groups excluding carboxylic acids is 3. The lowest BCUT2D eigenvalue weighted by atomic mass is 9.99. The maximum atomic E-state index is 13.5. The van der Waals surface area contributed by atoms with E-state index in [4.69, 9.17) is 14.2 Å². The standard InChI is InChI=1S/C29H41N3O6/c1-8-37-27(34)23(31-26(33)22-10-9-15-30-22)17-21-20-13-12-19(36-7)16-25(20)32(24(21)14-11-18(2)3)28(35)38-29(4,5)6/h11-13,16,22-23,30H,8-10,14-15,17H2,1-7H3,(H,31,33)/t22-,23-/m0/s1. The van der Waals surface area contributed by atoms with Crippen LogP contribution in [0.5, 0.6) is 5.75 Å². The molecule has 0 aliphatic carbocycles. The summed E-state index contributed by atoms with van der Waals surface area (Å²) >= 11 is 0. The van der Waals surface area contributed by atoms with Gasteiger partial charge in [-0.05, 0) is 78.6 Å². The van der Waals surface area contributed by atoms with Crippen molar-refractivity contribution in [1.82, 2.24) is 15.2 Å². The van der Waals surface area contributed by atoms with Crippen LogP contribution in [-0.4, -0.2) is 60.5 Å². The third-order valence-corrected chi connectivity index (χ3v) is 6.34. The number of nitrogens with zero attached hydrogens (tertiary/aromatic N) is 1. The minimum Gasteiger partial charge on any atom is -0.497 e. The topological polar surface area (TPSA) is 108 Å². The highest BCUT2D eigenvalue weighted by molar-refractivity contribution is 5.95. The van der Waals surface area contributed by atoms with Gasteiger partial charge in [0, 0.05) is 30.0 Å². The fourth-order valence-corrected chi connectivity index (χ4v) is 4.59. The van der Waals surface area contributed by atoms with Gasteiger partial charge < -0.3 is 24.8 Å². The summed E-state index contributed by atoms with van der Waals surface area (Å²) in [4.78, 5) is 39.6. The Morgan fingerprint density at radius 1 is 1.24 bits per heavy atom. The number of amides is 1. The van der Waals surface area contributed by atoms with Gasteiger partial charge in [-0.15, -0.1) is 0 Å². The second kappa shape index (κ2) is 12.5. The predicted octanol–water partition coefficient (Wildman–Crippen LogP) is 4.28. The molecule has 0 saturated carbocycles. The van der Waals surface area contributed by atoms with E-state index < -0.39 is 23.7 Å². The van der Waals surface area contributed by atoms with Gasteiger partial charge in [-0.2, -0.15) is 0 Å². The van der Waals surface area contributed by atoms with E-state index in [-0.39, 0.29) is 25.0 Å². The molecule has 1 aliphatic heterocycles. The molecule has 0 unspecified atom stereocenters. The predicted molar refractivity (Wildman–Crippen MR) is 147 cm³/mol. The van der Waals surface area contributed by atoms with E-state index in [1.807, 2.05) is 52.8 Å². The Kier molecular flexibility index (Phi) is 9.60. The van der Waals surface area contributed by atoms with E-state index in [1.165, 1.54) is 0 Å². The molecule has 1 saturated heterocycles.